The van der Waals surface area contributed by atoms with Crippen molar-refractivity contribution in [3.05, 3.63) is 75.8 Å². The summed E-state index contributed by atoms with van der Waals surface area (Å²) in [7, 11) is 0. The third-order valence-corrected chi connectivity index (χ3v) is 4.91. The summed E-state index contributed by atoms with van der Waals surface area (Å²) in [5.41, 5.74) is 1.84. The second-order valence-electron chi connectivity index (χ2n) is 6.61. The Balaban J connectivity index is 1.93. The van der Waals surface area contributed by atoms with Gasteiger partial charge in [0.15, 0.2) is 0 Å². The second kappa shape index (κ2) is 6.64. The molecular weight excluding hydrogens is 329 g/mol. The van der Waals surface area contributed by atoms with Crippen LogP contribution in [0.4, 0.5) is 10.1 Å². The molecule has 3 aromatic rings. The number of benzene rings is 2. The Hall–Kier alpha value is -3.13. The molecule has 0 spiro atoms. The van der Waals surface area contributed by atoms with Crippen molar-refractivity contribution >= 4 is 16.6 Å². The lowest BCUT2D eigenvalue weighted by Gasteiger charge is -2.20. The lowest BCUT2D eigenvalue weighted by molar-refractivity contribution is 0.624. The van der Waals surface area contributed by atoms with Crippen LogP contribution in [0.5, 0.6) is 0 Å². The van der Waals surface area contributed by atoms with Crippen LogP contribution in [-0.2, 0) is 6.54 Å². The summed E-state index contributed by atoms with van der Waals surface area (Å²) in [5, 5.41) is 9.55. The van der Waals surface area contributed by atoms with Gasteiger partial charge in [0.25, 0.3) is 0 Å². The molecule has 4 rings (SSSR count). The van der Waals surface area contributed by atoms with Gasteiger partial charge in [0.1, 0.15) is 17.4 Å². The zero-order valence-corrected chi connectivity index (χ0v) is 14.3. The number of aromatic nitrogens is 1. The highest BCUT2D eigenvalue weighted by molar-refractivity contribution is 5.84. The monoisotopic (exact) mass is 347 g/mol. The van der Waals surface area contributed by atoms with Crippen LogP contribution in [0.25, 0.3) is 10.9 Å². The molecule has 1 aromatic heterocycles. The van der Waals surface area contributed by atoms with Gasteiger partial charge in [0, 0.05) is 25.8 Å². The molecule has 0 unspecified atom stereocenters. The number of hydrogen-bond donors (Lipinski definition) is 0. The number of pyridine rings is 1. The summed E-state index contributed by atoms with van der Waals surface area (Å²) in [6.07, 6.45) is 3.66. The molecule has 1 aliphatic rings. The van der Waals surface area contributed by atoms with Crippen LogP contribution in [-0.4, -0.2) is 17.7 Å². The molecule has 26 heavy (non-hydrogen) atoms. The van der Waals surface area contributed by atoms with Gasteiger partial charge in [0.05, 0.1) is 16.6 Å². The zero-order chi connectivity index (χ0) is 18.1. The molecule has 0 aliphatic carbocycles. The van der Waals surface area contributed by atoms with E-state index >= 15 is 0 Å². The van der Waals surface area contributed by atoms with Gasteiger partial charge in [-0.1, -0.05) is 30.3 Å². The molecule has 1 aliphatic heterocycles. The lowest BCUT2D eigenvalue weighted by atomic mass is 10.1. The number of rotatable bonds is 3. The van der Waals surface area contributed by atoms with Crippen LogP contribution in [0.15, 0.2) is 53.5 Å². The maximum atomic E-state index is 14.7. The number of hydrogen-bond acceptors (Lipinski definition) is 3. The Morgan fingerprint density at radius 3 is 2.54 bits per heavy atom. The van der Waals surface area contributed by atoms with Crippen LogP contribution in [0.1, 0.15) is 24.0 Å². The maximum Gasteiger partial charge on any atom is 0.207 e. The van der Waals surface area contributed by atoms with Crippen molar-refractivity contribution in [1.82, 2.24) is 4.57 Å². The molecule has 130 valence electrons. The van der Waals surface area contributed by atoms with E-state index in [1.54, 1.807) is 12.3 Å². The van der Waals surface area contributed by atoms with Crippen LogP contribution in [0.2, 0.25) is 0 Å². The second-order valence-corrected chi connectivity index (χ2v) is 6.61. The van der Waals surface area contributed by atoms with E-state index in [0.717, 1.165) is 31.5 Å². The summed E-state index contributed by atoms with van der Waals surface area (Å²) < 4.78 is 16.5. The summed E-state index contributed by atoms with van der Waals surface area (Å²) in [6.45, 7) is 2.15. The van der Waals surface area contributed by atoms with E-state index in [1.807, 2.05) is 45.9 Å². The van der Waals surface area contributed by atoms with E-state index in [9.17, 15) is 14.4 Å². The fraction of sp³-hybridized carbons (Fsp3) is 0.238. The molecule has 0 radical (unpaired) electrons. The molecule has 2 heterocycles. The molecule has 2 aromatic carbocycles. The Labute approximate surface area is 150 Å². The van der Waals surface area contributed by atoms with Gasteiger partial charge in [-0.05, 0) is 30.5 Å². The van der Waals surface area contributed by atoms with E-state index in [1.165, 1.54) is 6.07 Å². The van der Waals surface area contributed by atoms with Crippen LogP contribution in [0, 0.1) is 17.1 Å². The van der Waals surface area contributed by atoms with E-state index in [2.05, 4.69) is 0 Å². The number of halogens is 1. The highest BCUT2D eigenvalue weighted by Crippen LogP contribution is 2.28. The summed E-state index contributed by atoms with van der Waals surface area (Å²) in [5.74, 6) is -0.405. The number of nitrogens with zero attached hydrogens (tertiary/aromatic N) is 3. The molecule has 1 fully saturated rings. The van der Waals surface area contributed by atoms with Crippen molar-refractivity contribution in [2.24, 2.45) is 0 Å². The Morgan fingerprint density at radius 1 is 1.12 bits per heavy atom. The minimum atomic E-state index is -0.418. The fourth-order valence-electron chi connectivity index (χ4n) is 3.59. The van der Waals surface area contributed by atoms with Gasteiger partial charge in [-0.25, -0.2) is 4.39 Å². The van der Waals surface area contributed by atoms with Crippen molar-refractivity contribution in [3.63, 3.8) is 0 Å². The molecular formula is C21H18FN3O. The SMILES string of the molecule is N#Cc1cn(Cc2ccccc2)c2cc(N3CCCC3)c(F)cc2c1=O. The van der Waals surface area contributed by atoms with Gasteiger partial charge in [-0.3, -0.25) is 4.79 Å². The Morgan fingerprint density at radius 2 is 1.85 bits per heavy atom. The Bertz CT molecular complexity index is 1060. The van der Waals surface area contributed by atoms with Gasteiger partial charge < -0.3 is 9.47 Å². The largest absolute Gasteiger partial charge is 0.369 e. The minimum absolute atomic E-state index is 0.0294. The molecule has 0 saturated carbocycles. The molecule has 0 amide bonds. The smallest absolute Gasteiger partial charge is 0.207 e. The molecule has 5 heteroatoms. The molecule has 0 N–H and O–H groups in total. The van der Waals surface area contributed by atoms with Gasteiger partial charge >= 0.3 is 0 Å². The predicted molar refractivity (Wildman–Crippen MR) is 99.9 cm³/mol. The first-order valence-electron chi connectivity index (χ1n) is 8.73. The van der Waals surface area contributed by atoms with Crippen molar-refractivity contribution in [3.8, 4) is 6.07 Å². The van der Waals surface area contributed by atoms with Gasteiger partial charge in [-0.15, -0.1) is 0 Å². The highest BCUT2D eigenvalue weighted by Gasteiger charge is 2.19. The van der Waals surface area contributed by atoms with E-state index < -0.39 is 11.2 Å². The summed E-state index contributed by atoms with van der Waals surface area (Å²) in [6, 6.07) is 14.8. The van der Waals surface area contributed by atoms with Crippen LogP contribution in [0.3, 0.4) is 0 Å². The average Bonchev–Trinajstić information content (AvgIpc) is 3.19. The minimum Gasteiger partial charge on any atom is -0.369 e. The lowest BCUT2D eigenvalue weighted by Crippen LogP contribution is -2.20. The fourth-order valence-corrected chi connectivity index (χ4v) is 3.59. The normalized spacial score (nSPS) is 13.9. The van der Waals surface area contributed by atoms with Crippen molar-refractivity contribution < 1.29 is 4.39 Å². The third kappa shape index (κ3) is 2.84. The molecule has 1 saturated heterocycles. The maximum absolute atomic E-state index is 14.7. The van der Waals surface area contributed by atoms with E-state index in [-0.39, 0.29) is 10.9 Å². The predicted octanol–water partition coefficient (Wildman–Crippen LogP) is 3.66. The molecule has 0 atom stereocenters. The first-order valence-corrected chi connectivity index (χ1v) is 8.73. The average molecular weight is 347 g/mol. The standard InChI is InChI=1S/C21H18FN3O/c22-18-10-17-19(11-20(18)24-8-4-5-9-24)25(14-16(12-23)21(17)26)13-15-6-2-1-3-7-15/h1-3,6-7,10-11,14H,4-5,8-9,13H2. The highest BCUT2D eigenvalue weighted by atomic mass is 19.1. The summed E-state index contributed by atoms with van der Waals surface area (Å²) in [4.78, 5) is 14.6. The number of nitriles is 1. The van der Waals surface area contributed by atoms with Crippen molar-refractivity contribution in [1.29, 1.82) is 5.26 Å². The van der Waals surface area contributed by atoms with Crippen molar-refractivity contribution in [2.75, 3.05) is 18.0 Å². The third-order valence-electron chi connectivity index (χ3n) is 4.91. The van der Waals surface area contributed by atoms with Gasteiger partial charge in [0.2, 0.25) is 5.43 Å². The zero-order valence-electron chi connectivity index (χ0n) is 14.3. The number of fused-ring (bicyclic) bond motifs is 1. The van der Waals surface area contributed by atoms with E-state index in [0.29, 0.717) is 17.7 Å². The van der Waals surface area contributed by atoms with Crippen molar-refractivity contribution in [2.45, 2.75) is 19.4 Å². The topological polar surface area (TPSA) is 49.0 Å². The first-order chi connectivity index (χ1) is 12.7. The molecule has 4 nitrogen and oxygen atoms in total. The van der Waals surface area contributed by atoms with E-state index in [4.69, 9.17) is 0 Å². The van der Waals surface area contributed by atoms with Gasteiger partial charge in [-0.2, -0.15) is 5.26 Å². The molecule has 0 bridgehead atoms. The number of anilines is 1. The van der Waals surface area contributed by atoms with Crippen LogP contribution < -0.4 is 10.3 Å². The summed E-state index contributed by atoms with van der Waals surface area (Å²) >= 11 is 0. The quantitative estimate of drug-likeness (QED) is 0.726. The first kappa shape index (κ1) is 16.3. The Kier molecular flexibility index (Phi) is 4.18. The van der Waals surface area contributed by atoms with Crippen LogP contribution >= 0.6 is 0 Å².